The normalized spacial score (nSPS) is 11.8. The van der Waals surface area contributed by atoms with Gasteiger partial charge in [0.15, 0.2) is 0 Å². The van der Waals surface area contributed by atoms with Crippen LogP contribution in [0.5, 0.6) is 0 Å². The SMILES string of the molecule is c1nc2ccc3ncnc4ccc(n1)c2c34. The van der Waals surface area contributed by atoms with E-state index in [1.54, 1.807) is 12.7 Å². The van der Waals surface area contributed by atoms with Crippen molar-refractivity contribution in [3.8, 4) is 0 Å². The van der Waals surface area contributed by atoms with Crippen molar-refractivity contribution in [1.82, 2.24) is 19.9 Å². The Morgan fingerprint density at radius 3 is 1.12 bits per heavy atom. The van der Waals surface area contributed by atoms with Crippen molar-refractivity contribution in [3.63, 3.8) is 0 Å². The second-order valence-corrected chi connectivity index (χ2v) is 3.70. The van der Waals surface area contributed by atoms with Gasteiger partial charge in [-0.3, -0.25) is 0 Å². The quantitative estimate of drug-likeness (QED) is 0.414. The third kappa shape index (κ3) is 0.839. The molecule has 0 fully saturated rings. The maximum absolute atomic E-state index is 4.27. The van der Waals surface area contributed by atoms with Crippen LogP contribution >= 0.6 is 0 Å². The van der Waals surface area contributed by atoms with Gasteiger partial charge in [-0.05, 0) is 24.3 Å². The lowest BCUT2D eigenvalue weighted by Gasteiger charge is -2.06. The highest BCUT2D eigenvalue weighted by Gasteiger charge is 2.09. The zero-order chi connectivity index (χ0) is 10.5. The number of nitrogens with zero attached hydrogens (tertiary/aromatic N) is 4. The topological polar surface area (TPSA) is 51.6 Å². The van der Waals surface area contributed by atoms with Crippen LogP contribution in [0.3, 0.4) is 0 Å². The fourth-order valence-corrected chi connectivity index (χ4v) is 2.16. The molecule has 4 heteroatoms. The van der Waals surface area contributed by atoms with Crippen LogP contribution in [0.25, 0.3) is 32.8 Å². The van der Waals surface area contributed by atoms with Gasteiger partial charge in [-0.1, -0.05) is 0 Å². The fourth-order valence-electron chi connectivity index (χ4n) is 2.16. The largest absolute Gasteiger partial charge is 0.236 e. The van der Waals surface area contributed by atoms with Gasteiger partial charge in [-0.25, -0.2) is 19.9 Å². The molecule has 2 heterocycles. The van der Waals surface area contributed by atoms with Crippen molar-refractivity contribution in [2.75, 3.05) is 0 Å². The highest BCUT2D eigenvalue weighted by atomic mass is 14.9. The highest BCUT2D eigenvalue weighted by Crippen LogP contribution is 2.29. The van der Waals surface area contributed by atoms with Gasteiger partial charge in [0.2, 0.25) is 0 Å². The Kier molecular flexibility index (Phi) is 1.28. The van der Waals surface area contributed by atoms with Gasteiger partial charge in [0.25, 0.3) is 0 Å². The molecule has 16 heavy (non-hydrogen) atoms. The van der Waals surface area contributed by atoms with Crippen molar-refractivity contribution in [2.45, 2.75) is 0 Å². The monoisotopic (exact) mass is 206 g/mol. The molecule has 0 bridgehead atoms. The Morgan fingerprint density at radius 2 is 0.812 bits per heavy atom. The summed E-state index contributed by atoms with van der Waals surface area (Å²) in [5, 5.41) is 2.11. The molecule has 0 saturated carbocycles. The maximum atomic E-state index is 4.27. The van der Waals surface area contributed by atoms with E-state index < -0.39 is 0 Å². The van der Waals surface area contributed by atoms with Crippen molar-refractivity contribution < 1.29 is 0 Å². The first kappa shape index (κ1) is 7.87. The molecule has 0 atom stereocenters. The van der Waals surface area contributed by atoms with E-state index in [0.29, 0.717) is 0 Å². The van der Waals surface area contributed by atoms with Crippen LogP contribution in [-0.4, -0.2) is 19.9 Å². The Labute approximate surface area is 90.3 Å². The standard InChI is InChI=1S/C12H6N4/c1-2-8-12-10(16-6-14-8)4-3-9-11(12)7(1)13-5-15-9/h1-6H. The summed E-state index contributed by atoms with van der Waals surface area (Å²) >= 11 is 0. The zero-order valence-corrected chi connectivity index (χ0v) is 8.25. The Bertz CT molecular complexity index is 680. The Balaban J connectivity index is 2.51. The molecule has 0 radical (unpaired) electrons. The van der Waals surface area contributed by atoms with E-state index in [1.165, 1.54) is 0 Å². The first-order chi connectivity index (χ1) is 7.93. The van der Waals surface area contributed by atoms with Crippen LogP contribution < -0.4 is 0 Å². The molecule has 0 N–H and O–H groups in total. The van der Waals surface area contributed by atoms with Crippen LogP contribution in [0.4, 0.5) is 0 Å². The smallest absolute Gasteiger partial charge is 0.116 e. The van der Waals surface area contributed by atoms with Crippen molar-refractivity contribution in [2.24, 2.45) is 0 Å². The van der Waals surface area contributed by atoms with Crippen LogP contribution in [0.1, 0.15) is 0 Å². The minimum atomic E-state index is 0.942. The van der Waals surface area contributed by atoms with Crippen LogP contribution in [0.15, 0.2) is 36.9 Å². The molecule has 0 saturated heterocycles. The van der Waals surface area contributed by atoms with Crippen molar-refractivity contribution >= 4 is 32.8 Å². The molecular formula is C12H6N4. The van der Waals surface area contributed by atoms with Gasteiger partial charge < -0.3 is 0 Å². The third-order valence-corrected chi connectivity index (χ3v) is 2.86. The average molecular weight is 206 g/mol. The first-order valence-corrected chi connectivity index (χ1v) is 5.00. The zero-order valence-electron chi connectivity index (χ0n) is 8.25. The van der Waals surface area contributed by atoms with E-state index in [1.807, 2.05) is 24.3 Å². The summed E-state index contributed by atoms with van der Waals surface area (Å²) in [5.74, 6) is 0. The van der Waals surface area contributed by atoms with Gasteiger partial charge in [-0.2, -0.15) is 0 Å². The number of rotatable bonds is 0. The molecule has 2 aromatic heterocycles. The van der Waals surface area contributed by atoms with Crippen LogP contribution in [0, 0.1) is 0 Å². The number of hydrogen-bond acceptors (Lipinski definition) is 4. The summed E-state index contributed by atoms with van der Waals surface area (Å²) in [4.78, 5) is 17.1. The molecule has 4 nitrogen and oxygen atoms in total. The van der Waals surface area contributed by atoms with Crippen LogP contribution in [0.2, 0.25) is 0 Å². The number of aromatic nitrogens is 4. The second kappa shape index (κ2) is 2.61. The van der Waals surface area contributed by atoms with Crippen molar-refractivity contribution in [1.29, 1.82) is 0 Å². The van der Waals surface area contributed by atoms with Gasteiger partial charge in [0.05, 0.1) is 22.1 Å². The van der Waals surface area contributed by atoms with E-state index >= 15 is 0 Å². The molecule has 4 rings (SSSR count). The average Bonchev–Trinajstić information content (AvgIpc) is 2.36. The summed E-state index contributed by atoms with van der Waals surface area (Å²) < 4.78 is 0. The lowest BCUT2D eigenvalue weighted by molar-refractivity contribution is 1.24. The summed E-state index contributed by atoms with van der Waals surface area (Å²) in [7, 11) is 0. The fraction of sp³-hybridized carbons (Fsp3) is 0. The third-order valence-electron chi connectivity index (χ3n) is 2.86. The van der Waals surface area contributed by atoms with E-state index in [9.17, 15) is 0 Å². The predicted molar refractivity (Wildman–Crippen MR) is 61.3 cm³/mol. The summed E-state index contributed by atoms with van der Waals surface area (Å²) in [6.07, 6.45) is 3.17. The predicted octanol–water partition coefficient (Wildman–Crippen LogP) is 2.16. The number of benzene rings is 2. The second-order valence-electron chi connectivity index (χ2n) is 3.70. The molecule has 0 aliphatic rings. The highest BCUT2D eigenvalue weighted by molar-refractivity contribution is 6.19. The molecule has 74 valence electrons. The molecular weight excluding hydrogens is 200 g/mol. The van der Waals surface area contributed by atoms with Gasteiger partial charge in [0.1, 0.15) is 12.7 Å². The van der Waals surface area contributed by atoms with E-state index in [4.69, 9.17) is 0 Å². The molecule has 0 unspecified atom stereocenters. The molecule has 2 aromatic carbocycles. The van der Waals surface area contributed by atoms with E-state index in [0.717, 1.165) is 32.8 Å². The Morgan fingerprint density at radius 1 is 0.500 bits per heavy atom. The summed E-state index contributed by atoms with van der Waals surface area (Å²) in [6, 6.07) is 7.88. The Hall–Kier alpha value is -2.36. The first-order valence-electron chi connectivity index (χ1n) is 5.00. The van der Waals surface area contributed by atoms with E-state index in [2.05, 4.69) is 19.9 Å². The number of hydrogen-bond donors (Lipinski definition) is 0. The maximum Gasteiger partial charge on any atom is 0.116 e. The molecule has 0 amide bonds. The lowest BCUT2D eigenvalue weighted by Crippen LogP contribution is -1.91. The summed E-state index contributed by atoms with van der Waals surface area (Å²) in [5.41, 5.74) is 3.77. The lowest BCUT2D eigenvalue weighted by atomic mass is 10.1. The molecule has 0 aliphatic heterocycles. The minimum Gasteiger partial charge on any atom is -0.236 e. The van der Waals surface area contributed by atoms with Crippen molar-refractivity contribution in [3.05, 3.63) is 36.9 Å². The minimum absolute atomic E-state index is 0.942. The molecule has 0 aliphatic carbocycles. The van der Waals surface area contributed by atoms with Gasteiger partial charge >= 0.3 is 0 Å². The molecule has 4 aromatic rings. The van der Waals surface area contributed by atoms with Crippen LogP contribution in [-0.2, 0) is 0 Å². The van der Waals surface area contributed by atoms with Gasteiger partial charge in [-0.15, -0.1) is 0 Å². The van der Waals surface area contributed by atoms with E-state index in [-0.39, 0.29) is 0 Å². The summed E-state index contributed by atoms with van der Waals surface area (Å²) in [6.45, 7) is 0. The molecule has 0 spiro atoms. The van der Waals surface area contributed by atoms with Gasteiger partial charge in [0, 0.05) is 10.8 Å².